The molecule has 0 bridgehead atoms. The molecule has 1 aromatic rings. The second-order valence-electron chi connectivity index (χ2n) is 12.5. The molecule has 0 amide bonds. The van der Waals surface area contributed by atoms with Crippen LogP contribution in [0.3, 0.4) is 0 Å². The number of rotatable bonds is 12. The van der Waals surface area contributed by atoms with E-state index in [1.54, 1.807) is 0 Å². The average molecular weight is 553 g/mol. The molecule has 0 spiro atoms. The lowest BCUT2D eigenvalue weighted by atomic mass is 9.70. The highest BCUT2D eigenvalue weighted by atomic mass is 19.3. The van der Waals surface area contributed by atoms with E-state index in [1.165, 1.54) is 57.4 Å². The Morgan fingerprint density at radius 1 is 0.846 bits per heavy atom. The predicted octanol–water partition coefficient (Wildman–Crippen LogP) is 10.4. The zero-order valence-electron chi connectivity index (χ0n) is 23.8. The maximum atomic E-state index is 14.8. The lowest BCUT2D eigenvalue weighted by molar-refractivity contribution is -0.223. The summed E-state index contributed by atoms with van der Waals surface area (Å²) in [5.74, 6) is -0.606. The standard InChI is InChI=1S/C33H48F4O2/c1-3-5-6-7-24-10-12-25(13-11-24)26-16-18-28(19-17-26)38-22-33(36,37)39-30-21-20-29(31(34)32(30)35)27-14-8-23(4-2)9-15-27/h4,20-21,23-28H,2-3,5-19,22H2,1H3. The Morgan fingerprint density at radius 3 is 2.10 bits per heavy atom. The maximum Gasteiger partial charge on any atom is 0.422 e. The Bertz CT molecular complexity index is 895. The van der Waals surface area contributed by atoms with Crippen LogP contribution in [0.25, 0.3) is 0 Å². The molecule has 0 aliphatic heterocycles. The van der Waals surface area contributed by atoms with Gasteiger partial charge in [0.25, 0.3) is 0 Å². The molecule has 0 atom stereocenters. The van der Waals surface area contributed by atoms with Gasteiger partial charge in [-0.15, -0.1) is 6.58 Å². The highest BCUT2D eigenvalue weighted by Gasteiger charge is 2.37. The van der Waals surface area contributed by atoms with Crippen LogP contribution in [0.2, 0.25) is 0 Å². The molecule has 3 aliphatic rings. The van der Waals surface area contributed by atoms with Gasteiger partial charge < -0.3 is 9.47 Å². The van der Waals surface area contributed by atoms with E-state index in [0.717, 1.165) is 69.3 Å². The lowest BCUT2D eigenvalue weighted by Crippen LogP contribution is -2.35. The molecule has 0 heterocycles. The number of ether oxygens (including phenoxy) is 2. The molecule has 3 fully saturated rings. The molecular weight excluding hydrogens is 504 g/mol. The molecule has 3 saturated carbocycles. The summed E-state index contributed by atoms with van der Waals surface area (Å²) >= 11 is 0. The van der Waals surface area contributed by atoms with E-state index in [1.807, 2.05) is 6.08 Å². The number of benzene rings is 1. The number of alkyl halides is 2. The Balaban J connectivity index is 1.20. The third-order valence-electron chi connectivity index (χ3n) is 9.86. The highest BCUT2D eigenvalue weighted by molar-refractivity contribution is 5.33. The molecule has 1 aromatic carbocycles. The van der Waals surface area contributed by atoms with Gasteiger partial charge in [0.1, 0.15) is 0 Å². The van der Waals surface area contributed by atoms with Crippen molar-refractivity contribution >= 4 is 0 Å². The van der Waals surface area contributed by atoms with Gasteiger partial charge in [0.05, 0.1) is 6.10 Å². The number of unbranched alkanes of at least 4 members (excludes halogenated alkanes) is 2. The van der Waals surface area contributed by atoms with Crippen molar-refractivity contribution in [2.45, 2.75) is 128 Å². The van der Waals surface area contributed by atoms with Crippen molar-refractivity contribution in [1.29, 1.82) is 0 Å². The van der Waals surface area contributed by atoms with Crippen LogP contribution < -0.4 is 4.74 Å². The van der Waals surface area contributed by atoms with Gasteiger partial charge in [0.15, 0.2) is 18.2 Å². The topological polar surface area (TPSA) is 18.5 Å². The van der Waals surface area contributed by atoms with Crippen LogP contribution in [-0.4, -0.2) is 18.8 Å². The van der Waals surface area contributed by atoms with Crippen LogP contribution in [0, 0.1) is 35.3 Å². The van der Waals surface area contributed by atoms with Crippen LogP contribution in [-0.2, 0) is 4.74 Å². The van der Waals surface area contributed by atoms with Gasteiger partial charge in [0.2, 0.25) is 5.82 Å². The second kappa shape index (κ2) is 14.4. The van der Waals surface area contributed by atoms with Crippen molar-refractivity contribution < 1.29 is 27.0 Å². The minimum Gasteiger partial charge on any atom is -0.428 e. The average Bonchev–Trinajstić information content (AvgIpc) is 2.95. The predicted molar refractivity (Wildman–Crippen MR) is 148 cm³/mol. The normalized spacial score (nSPS) is 30.2. The first-order valence-electron chi connectivity index (χ1n) is 15.6. The zero-order chi connectivity index (χ0) is 27.8. The smallest absolute Gasteiger partial charge is 0.422 e. The van der Waals surface area contributed by atoms with Crippen LogP contribution in [0.4, 0.5) is 17.6 Å². The van der Waals surface area contributed by atoms with Crippen molar-refractivity contribution in [3.05, 3.63) is 42.0 Å². The Hall–Kier alpha value is -1.56. The fraction of sp³-hybridized carbons (Fsp3) is 0.758. The largest absolute Gasteiger partial charge is 0.428 e. The fourth-order valence-electron chi connectivity index (χ4n) is 7.37. The van der Waals surface area contributed by atoms with Crippen molar-refractivity contribution in [3.63, 3.8) is 0 Å². The summed E-state index contributed by atoms with van der Waals surface area (Å²) in [6.45, 7) is 5.10. The van der Waals surface area contributed by atoms with Gasteiger partial charge >= 0.3 is 6.11 Å². The number of allylic oxidation sites excluding steroid dienone is 1. The number of halogens is 4. The molecule has 0 saturated heterocycles. The summed E-state index contributed by atoms with van der Waals surface area (Å²) in [5, 5.41) is 0. The number of hydrogen-bond acceptors (Lipinski definition) is 2. The first-order chi connectivity index (χ1) is 18.8. The molecule has 220 valence electrons. The first kappa shape index (κ1) is 30.4. The van der Waals surface area contributed by atoms with Crippen LogP contribution in [0.1, 0.15) is 121 Å². The molecule has 0 unspecified atom stereocenters. The van der Waals surface area contributed by atoms with Crippen molar-refractivity contribution in [2.24, 2.45) is 23.7 Å². The molecule has 3 aliphatic carbocycles. The van der Waals surface area contributed by atoms with Crippen molar-refractivity contribution in [3.8, 4) is 5.75 Å². The summed E-state index contributed by atoms with van der Waals surface area (Å²) in [6.07, 6.45) is 15.3. The maximum absolute atomic E-state index is 14.8. The SMILES string of the molecule is C=CC1CCC(c2ccc(OC(F)(F)COC3CCC(C4CCC(CCCCC)CC4)CC3)c(F)c2F)CC1. The van der Waals surface area contributed by atoms with Gasteiger partial charge in [0, 0.05) is 0 Å². The van der Waals surface area contributed by atoms with Gasteiger partial charge in [-0.25, -0.2) is 4.39 Å². The Morgan fingerprint density at radius 2 is 1.49 bits per heavy atom. The Labute approximate surface area is 232 Å². The van der Waals surface area contributed by atoms with Gasteiger partial charge in [-0.2, -0.15) is 13.2 Å². The summed E-state index contributed by atoms with van der Waals surface area (Å²) in [5.41, 5.74) is 0.240. The summed E-state index contributed by atoms with van der Waals surface area (Å²) in [6, 6.07) is 2.52. The third-order valence-corrected chi connectivity index (χ3v) is 9.86. The molecule has 39 heavy (non-hydrogen) atoms. The van der Waals surface area contributed by atoms with E-state index in [-0.39, 0.29) is 17.6 Å². The molecule has 0 radical (unpaired) electrons. The second-order valence-corrected chi connectivity index (χ2v) is 12.5. The van der Waals surface area contributed by atoms with E-state index in [0.29, 0.717) is 11.8 Å². The molecular formula is C33H48F4O2. The van der Waals surface area contributed by atoms with Gasteiger partial charge in [-0.3, -0.25) is 0 Å². The lowest BCUT2D eigenvalue weighted by Gasteiger charge is -2.38. The third kappa shape index (κ3) is 8.47. The molecule has 0 aromatic heterocycles. The van der Waals surface area contributed by atoms with Crippen LogP contribution >= 0.6 is 0 Å². The summed E-state index contributed by atoms with van der Waals surface area (Å²) in [4.78, 5) is 0. The highest BCUT2D eigenvalue weighted by Crippen LogP contribution is 2.42. The van der Waals surface area contributed by atoms with Gasteiger partial charge in [-0.1, -0.05) is 57.6 Å². The monoisotopic (exact) mass is 552 g/mol. The van der Waals surface area contributed by atoms with E-state index in [4.69, 9.17) is 4.74 Å². The van der Waals surface area contributed by atoms with Crippen LogP contribution in [0.15, 0.2) is 24.8 Å². The van der Waals surface area contributed by atoms with E-state index < -0.39 is 30.1 Å². The molecule has 6 heteroatoms. The zero-order valence-corrected chi connectivity index (χ0v) is 23.8. The number of hydrogen-bond donors (Lipinski definition) is 0. The van der Waals surface area contributed by atoms with E-state index >= 15 is 0 Å². The summed E-state index contributed by atoms with van der Waals surface area (Å²) < 4.78 is 68.9. The minimum absolute atomic E-state index is 0.121. The minimum atomic E-state index is -3.73. The molecule has 0 N–H and O–H groups in total. The van der Waals surface area contributed by atoms with Gasteiger partial charge in [-0.05, 0) is 105 Å². The molecule has 4 rings (SSSR count). The van der Waals surface area contributed by atoms with E-state index in [9.17, 15) is 17.6 Å². The van der Waals surface area contributed by atoms with E-state index in [2.05, 4.69) is 18.2 Å². The van der Waals surface area contributed by atoms with Crippen molar-refractivity contribution in [2.75, 3.05) is 6.61 Å². The first-order valence-corrected chi connectivity index (χ1v) is 15.6. The molecule has 2 nitrogen and oxygen atoms in total. The summed E-state index contributed by atoms with van der Waals surface area (Å²) in [7, 11) is 0. The van der Waals surface area contributed by atoms with Crippen LogP contribution in [0.5, 0.6) is 5.75 Å². The van der Waals surface area contributed by atoms with Crippen molar-refractivity contribution in [1.82, 2.24) is 0 Å². The quantitative estimate of drug-likeness (QED) is 0.146. The fourth-order valence-corrected chi connectivity index (χ4v) is 7.37. The Kier molecular flexibility index (Phi) is 11.2.